The van der Waals surface area contributed by atoms with Gasteiger partial charge in [-0.15, -0.1) is 0 Å². The molecule has 0 amide bonds. The monoisotopic (exact) mass is 551 g/mol. The van der Waals surface area contributed by atoms with Crippen molar-refractivity contribution >= 4 is 60.1 Å². The first-order valence-corrected chi connectivity index (χ1v) is 21.4. The Balaban J connectivity index is 2.08. The van der Waals surface area contributed by atoms with Crippen LogP contribution in [0.4, 0.5) is 0 Å². The molecule has 8 heteroatoms. The van der Waals surface area contributed by atoms with Gasteiger partial charge >= 0.3 is 0 Å². The van der Waals surface area contributed by atoms with Crippen LogP contribution in [0.2, 0.25) is 0 Å². The molecule has 0 bridgehead atoms. The lowest BCUT2D eigenvalue weighted by Gasteiger charge is -2.38. The van der Waals surface area contributed by atoms with Crippen LogP contribution in [0, 0.1) is 0 Å². The maximum Gasteiger partial charge on any atom is 0.138 e. The van der Waals surface area contributed by atoms with Gasteiger partial charge in [0.2, 0.25) is 0 Å². The van der Waals surface area contributed by atoms with Crippen molar-refractivity contribution in [2.24, 2.45) is 13.5 Å². The summed E-state index contributed by atoms with van der Waals surface area (Å²) in [5, 5.41) is 4.69. The van der Waals surface area contributed by atoms with Gasteiger partial charge in [0.1, 0.15) is 21.3 Å². The van der Waals surface area contributed by atoms with Crippen molar-refractivity contribution in [2.45, 2.75) is 0 Å². The number of nitrogens with zero attached hydrogens (tertiary/aromatic N) is 3. The van der Waals surface area contributed by atoms with E-state index in [2.05, 4.69) is 141 Å². The molecular formula is C27H29N3P4S. The first kappa shape index (κ1) is 24.9. The summed E-state index contributed by atoms with van der Waals surface area (Å²) < 4.78 is 17.5. The second kappa shape index (κ2) is 9.59. The minimum absolute atomic E-state index is 1.17. The standard InChI is InChI=1S/C27H29N3P4S/c1-31(2,35)32(3)28-33(24-16-8-4-9-17-24,25-18-10-5-11-19-25)30-34(29-32,26-20-12-6-13-21-26)27-22-14-7-15-23-27/h4-23H,1-3H3. The zero-order valence-electron chi connectivity index (χ0n) is 20.1. The third-order valence-corrected chi connectivity index (χ3v) is 28.7. The molecule has 1 aliphatic rings. The predicted molar refractivity (Wildman–Crippen MR) is 164 cm³/mol. The van der Waals surface area contributed by atoms with Crippen molar-refractivity contribution < 1.29 is 0 Å². The van der Waals surface area contributed by atoms with Gasteiger partial charge in [0.15, 0.2) is 0 Å². The summed E-state index contributed by atoms with van der Waals surface area (Å²) in [4.78, 5) is 0. The van der Waals surface area contributed by atoms with Gasteiger partial charge in [0.05, 0.1) is 0 Å². The van der Waals surface area contributed by atoms with E-state index >= 15 is 0 Å². The molecule has 35 heavy (non-hydrogen) atoms. The molecule has 3 nitrogen and oxygen atoms in total. The molecule has 1 unspecified atom stereocenters. The maximum atomic E-state index is 6.29. The number of hydrogen-bond acceptors (Lipinski definition) is 4. The molecule has 0 aromatic heterocycles. The predicted octanol–water partition coefficient (Wildman–Crippen LogP) is 7.93. The molecule has 0 saturated heterocycles. The van der Waals surface area contributed by atoms with Gasteiger partial charge < -0.3 is 0 Å². The molecule has 1 aliphatic heterocycles. The van der Waals surface area contributed by atoms with Gasteiger partial charge in [-0.2, -0.15) is 0 Å². The van der Waals surface area contributed by atoms with Crippen molar-refractivity contribution in [3.05, 3.63) is 121 Å². The first-order valence-electron chi connectivity index (χ1n) is 11.5. The lowest BCUT2D eigenvalue weighted by atomic mass is 10.4. The van der Waals surface area contributed by atoms with Crippen LogP contribution in [0.25, 0.3) is 0 Å². The molecule has 0 fully saturated rings. The zero-order chi connectivity index (χ0) is 24.6. The highest BCUT2D eigenvalue weighted by Gasteiger charge is 2.41. The van der Waals surface area contributed by atoms with Crippen molar-refractivity contribution in [2.75, 3.05) is 20.0 Å². The molecule has 1 heterocycles. The van der Waals surface area contributed by atoms with E-state index in [1.54, 1.807) is 0 Å². The highest BCUT2D eigenvalue weighted by Crippen LogP contribution is 2.88. The third-order valence-electron chi connectivity index (χ3n) is 6.23. The van der Waals surface area contributed by atoms with Crippen LogP contribution >= 0.6 is 27.0 Å². The smallest absolute Gasteiger partial charge is 0.138 e. The lowest BCUT2D eigenvalue weighted by Crippen LogP contribution is -2.20. The molecule has 0 aliphatic carbocycles. The van der Waals surface area contributed by atoms with E-state index in [4.69, 9.17) is 25.4 Å². The average Bonchev–Trinajstić information content (AvgIpc) is 2.90. The second-order valence-electron chi connectivity index (χ2n) is 8.98. The molecule has 4 aromatic rings. The van der Waals surface area contributed by atoms with Crippen LogP contribution in [0.5, 0.6) is 0 Å². The lowest BCUT2D eigenvalue weighted by molar-refractivity contribution is 1.63. The fraction of sp³-hybridized carbons (Fsp3) is 0.111. The summed E-state index contributed by atoms with van der Waals surface area (Å²) >= 11 is 6.29. The van der Waals surface area contributed by atoms with Gasteiger partial charge in [-0.05, 0) is 20.0 Å². The Morgan fingerprint density at radius 2 is 0.771 bits per heavy atom. The largest absolute Gasteiger partial charge is 0.227 e. The highest BCUT2D eigenvalue weighted by molar-refractivity contribution is 8.55. The zero-order valence-corrected chi connectivity index (χ0v) is 24.5. The molecular weight excluding hydrogens is 522 g/mol. The minimum atomic E-state index is -2.55. The Morgan fingerprint density at radius 3 is 1.06 bits per heavy atom. The van der Waals surface area contributed by atoms with Crippen LogP contribution in [-0.2, 0) is 11.8 Å². The van der Waals surface area contributed by atoms with E-state index in [0.29, 0.717) is 0 Å². The van der Waals surface area contributed by atoms with Gasteiger partial charge in [0, 0.05) is 26.9 Å². The first-order chi connectivity index (χ1) is 16.8. The van der Waals surface area contributed by atoms with Gasteiger partial charge in [0.25, 0.3) is 0 Å². The van der Waals surface area contributed by atoms with E-state index in [-0.39, 0.29) is 0 Å². The summed E-state index contributed by atoms with van der Waals surface area (Å²) in [6, 6.07) is 42.7. The van der Waals surface area contributed by atoms with Crippen molar-refractivity contribution in [1.82, 2.24) is 0 Å². The number of benzene rings is 4. The van der Waals surface area contributed by atoms with E-state index in [9.17, 15) is 0 Å². The second-order valence-corrected chi connectivity index (χ2v) is 28.7. The Morgan fingerprint density at radius 1 is 0.486 bits per heavy atom. The Labute approximate surface area is 214 Å². The van der Waals surface area contributed by atoms with Gasteiger partial charge in [-0.25, -0.2) is 13.5 Å². The average molecular weight is 552 g/mol. The third kappa shape index (κ3) is 4.46. The minimum Gasteiger partial charge on any atom is -0.227 e. The molecule has 178 valence electrons. The Bertz CT molecular complexity index is 1390. The maximum absolute atomic E-state index is 6.29. The topological polar surface area (TPSA) is 37.1 Å². The van der Waals surface area contributed by atoms with Crippen LogP contribution in [0.1, 0.15) is 0 Å². The van der Waals surface area contributed by atoms with E-state index in [0.717, 1.165) is 0 Å². The van der Waals surface area contributed by atoms with E-state index < -0.39 is 27.0 Å². The van der Waals surface area contributed by atoms with Crippen LogP contribution in [-0.4, -0.2) is 20.0 Å². The SMILES string of the molecule is CP(C)(=S)P1(C)=NP(c2ccccc2)(c2ccccc2)=NP(c2ccccc2)(c2ccccc2)=N1. The highest BCUT2D eigenvalue weighted by atomic mass is 32.6. The summed E-state index contributed by atoms with van der Waals surface area (Å²) in [6.07, 6.45) is 0. The molecule has 0 N–H and O–H groups in total. The summed E-state index contributed by atoms with van der Waals surface area (Å²) in [7, 11) is -5.10. The quantitative estimate of drug-likeness (QED) is 0.232. The molecule has 5 rings (SSSR count). The van der Waals surface area contributed by atoms with Crippen LogP contribution in [0.15, 0.2) is 135 Å². The number of hydrogen-bond donors (Lipinski definition) is 0. The molecule has 1 atom stereocenters. The summed E-state index contributed by atoms with van der Waals surface area (Å²) in [5.74, 6) is 0. The van der Waals surface area contributed by atoms with E-state index in [1.807, 2.05) is 0 Å². The summed E-state index contributed by atoms with van der Waals surface area (Å²) in [6.45, 7) is 4.45. The van der Waals surface area contributed by atoms with Crippen molar-refractivity contribution in [3.8, 4) is 0 Å². The fourth-order valence-electron chi connectivity index (χ4n) is 4.18. The van der Waals surface area contributed by atoms with Crippen LogP contribution in [0.3, 0.4) is 0 Å². The van der Waals surface area contributed by atoms with Crippen molar-refractivity contribution in [1.29, 1.82) is 0 Å². The van der Waals surface area contributed by atoms with Crippen molar-refractivity contribution in [3.63, 3.8) is 0 Å². The Kier molecular flexibility index (Phi) is 6.82. The Hall–Kier alpha value is -1.78. The van der Waals surface area contributed by atoms with E-state index in [1.165, 1.54) is 21.2 Å². The van der Waals surface area contributed by atoms with Crippen LogP contribution < -0.4 is 21.2 Å². The summed E-state index contributed by atoms with van der Waals surface area (Å²) in [5.41, 5.74) is -1.89. The van der Waals surface area contributed by atoms with Gasteiger partial charge in [-0.1, -0.05) is 133 Å². The molecule has 0 saturated carbocycles. The number of rotatable bonds is 5. The molecule has 4 aromatic carbocycles. The normalized spacial score (nSPS) is 20.7. The molecule has 0 radical (unpaired) electrons. The van der Waals surface area contributed by atoms with Gasteiger partial charge in [-0.3, -0.25) is 0 Å². The fourth-order valence-corrected chi connectivity index (χ4v) is 26.1. The molecule has 0 spiro atoms.